The minimum atomic E-state index is -1.01. The average molecular weight is 316 g/mol. The van der Waals surface area contributed by atoms with Gasteiger partial charge in [0.15, 0.2) is 0 Å². The molecule has 1 saturated heterocycles. The summed E-state index contributed by atoms with van der Waals surface area (Å²) in [6, 6.07) is -1.02. The number of nitrogens with zero attached hydrogens (tertiary/aromatic N) is 2. The predicted molar refractivity (Wildman–Crippen MR) is 78.5 cm³/mol. The first-order valence-corrected chi connectivity index (χ1v) is 7.35. The van der Waals surface area contributed by atoms with Crippen molar-refractivity contribution in [3.63, 3.8) is 0 Å². The Kier molecular flexibility index (Phi) is 7.61. The van der Waals surface area contributed by atoms with E-state index in [1.807, 2.05) is 0 Å². The Hall–Kier alpha value is -1.87. The molecular formula is C13H24N4O5. The number of hydrogen-bond acceptors (Lipinski definition) is 5. The summed E-state index contributed by atoms with van der Waals surface area (Å²) < 4.78 is 0. The van der Waals surface area contributed by atoms with Crippen LogP contribution in [0.4, 0.5) is 4.79 Å². The number of nitrogens with two attached hydrogens (primary N) is 1. The lowest BCUT2D eigenvalue weighted by Gasteiger charge is -2.33. The van der Waals surface area contributed by atoms with Crippen molar-refractivity contribution in [3.8, 4) is 0 Å². The predicted octanol–water partition coefficient (Wildman–Crippen LogP) is -1.02. The van der Waals surface area contributed by atoms with Crippen molar-refractivity contribution in [2.45, 2.75) is 25.3 Å². The zero-order valence-electron chi connectivity index (χ0n) is 12.5. The summed E-state index contributed by atoms with van der Waals surface area (Å²) in [6.45, 7) is 2.58. The first-order chi connectivity index (χ1) is 10.4. The van der Waals surface area contributed by atoms with Gasteiger partial charge < -0.3 is 26.2 Å². The molecule has 1 aliphatic heterocycles. The maximum atomic E-state index is 11.9. The largest absolute Gasteiger partial charge is 0.480 e. The Morgan fingerprint density at radius 3 is 2.27 bits per heavy atom. The van der Waals surface area contributed by atoms with E-state index in [1.54, 1.807) is 9.80 Å². The highest BCUT2D eigenvalue weighted by atomic mass is 16.4. The average Bonchev–Trinajstić information content (AvgIpc) is 2.46. The van der Waals surface area contributed by atoms with Gasteiger partial charge in [-0.1, -0.05) is 0 Å². The van der Waals surface area contributed by atoms with Crippen LogP contribution in [-0.2, 0) is 9.59 Å². The van der Waals surface area contributed by atoms with E-state index in [-0.39, 0.29) is 12.6 Å². The minimum absolute atomic E-state index is 0.000703. The molecule has 126 valence electrons. The number of rotatable bonds is 8. The van der Waals surface area contributed by atoms with E-state index in [0.717, 1.165) is 0 Å². The van der Waals surface area contributed by atoms with Crippen LogP contribution in [0.2, 0.25) is 0 Å². The van der Waals surface area contributed by atoms with E-state index in [1.165, 1.54) is 0 Å². The second-order valence-electron chi connectivity index (χ2n) is 5.33. The summed E-state index contributed by atoms with van der Waals surface area (Å²) >= 11 is 0. The third kappa shape index (κ3) is 6.72. The van der Waals surface area contributed by atoms with Crippen molar-refractivity contribution in [1.82, 2.24) is 15.1 Å². The maximum Gasteiger partial charge on any atom is 0.320 e. The Morgan fingerprint density at radius 1 is 1.09 bits per heavy atom. The van der Waals surface area contributed by atoms with Gasteiger partial charge in [0.1, 0.15) is 6.04 Å². The molecule has 0 saturated carbocycles. The SMILES string of the molecule is N[C@H](CCCCNC(=O)N1CCN(CC(=O)O)CC1)C(=O)O. The number of carbonyl (C=O) groups is 3. The molecular weight excluding hydrogens is 292 g/mol. The van der Waals surface area contributed by atoms with Crippen LogP contribution in [0, 0.1) is 0 Å². The van der Waals surface area contributed by atoms with E-state index in [2.05, 4.69) is 5.32 Å². The normalized spacial score (nSPS) is 17.0. The van der Waals surface area contributed by atoms with Crippen molar-refractivity contribution in [2.24, 2.45) is 5.73 Å². The van der Waals surface area contributed by atoms with Crippen molar-refractivity contribution >= 4 is 18.0 Å². The molecule has 22 heavy (non-hydrogen) atoms. The zero-order chi connectivity index (χ0) is 16.5. The summed E-state index contributed by atoms with van der Waals surface area (Å²) in [5.74, 6) is -1.87. The lowest BCUT2D eigenvalue weighted by atomic mass is 10.1. The Labute approximate surface area is 129 Å². The molecule has 2 amide bonds. The van der Waals surface area contributed by atoms with Crippen LogP contribution in [0.3, 0.4) is 0 Å². The van der Waals surface area contributed by atoms with E-state index in [0.29, 0.717) is 52.0 Å². The molecule has 1 heterocycles. The molecule has 0 aliphatic carbocycles. The number of carbonyl (C=O) groups excluding carboxylic acids is 1. The topological polar surface area (TPSA) is 136 Å². The highest BCUT2D eigenvalue weighted by Gasteiger charge is 2.21. The van der Waals surface area contributed by atoms with E-state index in [9.17, 15) is 14.4 Å². The molecule has 1 rings (SSSR count). The standard InChI is InChI=1S/C13H24N4O5/c14-10(12(20)21)3-1-2-4-15-13(22)17-7-5-16(6-8-17)9-11(18)19/h10H,1-9,14H2,(H,15,22)(H,18,19)(H,20,21)/t10-/m1/s1. The Morgan fingerprint density at radius 2 is 1.73 bits per heavy atom. The second kappa shape index (κ2) is 9.21. The van der Waals surface area contributed by atoms with Crippen molar-refractivity contribution < 1.29 is 24.6 Å². The molecule has 5 N–H and O–H groups in total. The lowest BCUT2D eigenvalue weighted by Crippen LogP contribution is -2.52. The molecule has 0 aromatic carbocycles. The summed E-state index contributed by atoms with van der Waals surface area (Å²) in [6.07, 6.45) is 1.70. The van der Waals surface area contributed by atoms with Gasteiger partial charge in [0.25, 0.3) is 0 Å². The minimum Gasteiger partial charge on any atom is -0.480 e. The van der Waals surface area contributed by atoms with Gasteiger partial charge >= 0.3 is 18.0 Å². The van der Waals surface area contributed by atoms with E-state index >= 15 is 0 Å². The summed E-state index contributed by atoms with van der Waals surface area (Å²) in [7, 11) is 0. The fourth-order valence-corrected chi connectivity index (χ4v) is 2.22. The van der Waals surface area contributed by atoms with Crippen LogP contribution in [0.5, 0.6) is 0 Å². The van der Waals surface area contributed by atoms with Crippen LogP contribution in [0.25, 0.3) is 0 Å². The van der Waals surface area contributed by atoms with Crippen LogP contribution in [0.15, 0.2) is 0 Å². The molecule has 1 atom stereocenters. The fourth-order valence-electron chi connectivity index (χ4n) is 2.22. The van der Waals surface area contributed by atoms with E-state index < -0.39 is 18.0 Å². The van der Waals surface area contributed by atoms with Gasteiger partial charge in [-0.25, -0.2) is 4.79 Å². The van der Waals surface area contributed by atoms with Gasteiger partial charge in [0.05, 0.1) is 6.54 Å². The number of piperazine rings is 1. The van der Waals surface area contributed by atoms with Crippen LogP contribution >= 0.6 is 0 Å². The molecule has 0 unspecified atom stereocenters. The quantitative estimate of drug-likeness (QED) is 0.421. The number of carboxylic acid groups (broad SMARTS) is 2. The van der Waals surface area contributed by atoms with Gasteiger partial charge in [-0.2, -0.15) is 0 Å². The summed E-state index contributed by atoms with van der Waals surface area (Å²) in [5, 5.41) is 20.1. The number of carboxylic acids is 2. The number of hydrogen-bond donors (Lipinski definition) is 4. The van der Waals surface area contributed by atoms with Crippen LogP contribution in [-0.4, -0.2) is 83.3 Å². The van der Waals surface area contributed by atoms with Crippen molar-refractivity contribution in [1.29, 1.82) is 0 Å². The first kappa shape index (κ1) is 18.2. The van der Waals surface area contributed by atoms with Crippen molar-refractivity contribution in [2.75, 3.05) is 39.3 Å². The van der Waals surface area contributed by atoms with Gasteiger partial charge in [-0.15, -0.1) is 0 Å². The number of aliphatic carboxylic acids is 2. The number of unbranched alkanes of at least 4 members (excludes halogenated alkanes) is 1. The maximum absolute atomic E-state index is 11.9. The highest BCUT2D eigenvalue weighted by Crippen LogP contribution is 2.02. The van der Waals surface area contributed by atoms with Crippen LogP contribution < -0.4 is 11.1 Å². The molecule has 1 fully saturated rings. The third-order valence-corrected chi connectivity index (χ3v) is 3.55. The Bertz CT molecular complexity index is 396. The molecule has 9 nitrogen and oxygen atoms in total. The third-order valence-electron chi connectivity index (χ3n) is 3.55. The second-order valence-corrected chi connectivity index (χ2v) is 5.33. The van der Waals surface area contributed by atoms with Crippen LogP contribution in [0.1, 0.15) is 19.3 Å². The number of urea groups is 1. The summed E-state index contributed by atoms with van der Waals surface area (Å²) in [5.41, 5.74) is 5.38. The van der Waals surface area contributed by atoms with Gasteiger partial charge in [-0.05, 0) is 19.3 Å². The molecule has 0 aromatic rings. The molecule has 9 heteroatoms. The monoisotopic (exact) mass is 316 g/mol. The fraction of sp³-hybridized carbons (Fsp3) is 0.769. The van der Waals surface area contributed by atoms with Gasteiger partial charge in [-0.3, -0.25) is 14.5 Å². The molecule has 1 aliphatic rings. The molecule has 0 radical (unpaired) electrons. The molecule has 0 bridgehead atoms. The highest BCUT2D eigenvalue weighted by molar-refractivity contribution is 5.74. The van der Waals surface area contributed by atoms with Crippen molar-refractivity contribution in [3.05, 3.63) is 0 Å². The summed E-state index contributed by atoms with van der Waals surface area (Å²) in [4.78, 5) is 36.5. The smallest absolute Gasteiger partial charge is 0.320 e. The molecule has 0 spiro atoms. The Balaban J connectivity index is 2.11. The van der Waals surface area contributed by atoms with Gasteiger partial charge in [0, 0.05) is 32.7 Å². The molecule has 0 aromatic heterocycles. The first-order valence-electron chi connectivity index (χ1n) is 7.35. The number of amides is 2. The zero-order valence-corrected chi connectivity index (χ0v) is 12.5. The van der Waals surface area contributed by atoms with E-state index in [4.69, 9.17) is 15.9 Å². The lowest BCUT2D eigenvalue weighted by molar-refractivity contribution is -0.139. The number of nitrogens with one attached hydrogen (secondary N) is 1. The van der Waals surface area contributed by atoms with Gasteiger partial charge in [0.2, 0.25) is 0 Å².